The fourth-order valence-corrected chi connectivity index (χ4v) is 1.56. The van der Waals surface area contributed by atoms with E-state index in [1.807, 2.05) is 6.92 Å². The van der Waals surface area contributed by atoms with Crippen molar-refractivity contribution in [3.63, 3.8) is 0 Å². The topological polar surface area (TPSA) is 55.8 Å². The molecule has 0 aromatic rings. The van der Waals surface area contributed by atoms with Crippen LogP contribution in [0.3, 0.4) is 0 Å². The lowest BCUT2D eigenvalue weighted by Gasteiger charge is -2.25. The van der Waals surface area contributed by atoms with E-state index < -0.39 is 12.1 Å². The average Bonchev–Trinajstić information content (AvgIpc) is 2.18. The van der Waals surface area contributed by atoms with Crippen LogP contribution in [0.15, 0.2) is 0 Å². The molecule has 1 unspecified atom stereocenters. The zero-order valence-corrected chi connectivity index (χ0v) is 8.57. The van der Waals surface area contributed by atoms with E-state index in [1.54, 1.807) is 0 Å². The van der Waals surface area contributed by atoms with Crippen molar-refractivity contribution in [2.24, 2.45) is 0 Å². The summed E-state index contributed by atoms with van der Waals surface area (Å²) in [4.78, 5) is 10.8. The molecule has 1 rings (SSSR count). The van der Waals surface area contributed by atoms with Crippen molar-refractivity contribution in [1.29, 1.82) is 0 Å². The molecule has 1 N–H and O–H groups in total. The monoisotopic (exact) mass is 202 g/mol. The van der Waals surface area contributed by atoms with Crippen LogP contribution in [0.4, 0.5) is 0 Å². The van der Waals surface area contributed by atoms with E-state index >= 15 is 0 Å². The van der Waals surface area contributed by atoms with E-state index in [9.17, 15) is 4.79 Å². The summed E-state index contributed by atoms with van der Waals surface area (Å²) in [6.07, 6.45) is 2.48. The van der Waals surface area contributed by atoms with Crippen molar-refractivity contribution in [2.45, 2.75) is 44.8 Å². The normalized spacial score (nSPS) is 20.6. The van der Waals surface area contributed by atoms with E-state index in [0.29, 0.717) is 19.6 Å². The van der Waals surface area contributed by atoms with E-state index in [4.69, 9.17) is 14.6 Å². The maximum Gasteiger partial charge on any atom is 0.332 e. The molecule has 1 fully saturated rings. The molecular weight excluding hydrogens is 184 g/mol. The van der Waals surface area contributed by atoms with Crippen LogP contribution in [0.25, 0.3) is 0 Å². The van der Waals surface area contributed by atoms with Gasteiger partial charge in [-0.15, -0.1) is 0 Å². The molecule has 4 heteroatoms. The van der Waals surface area contributed by atoms with Gasteiger partial charge in [0.2, 0.25) is 0 Å². The summed E-state index contributed by atoms with van der Waals surface area (Å²) < 4.78 is 10.7. The van der Waals surface area contributed by atoms with Crippen LogP contribution in [-0.2, 0) is 14.3 Å². The molecule has 0 aromatic heterocycles. The molecule has 1 aliphatic rings. The molecular formula is C10H18O4. The van der Waals surface area contributed by atoms with Crippen molar-refractivity contribution in [3.05, 3.63) is 0 Å². The van der Waals surface area contributed by atoms with Crippen LogP contribution in [0.2, 0.25) is 0 Å². The molecule has 1 aliphatic heterocycles. The van der Waals surface area contributed by atoms with Crippen molar-refractivity contribution < 1.29 is 19.4 Å². The van der Waals surface area contributed by atoms with Crippen LogP contribution < -0.4 is 0 Å². The Bertz CT molecular complexity index is 175. The number of ether oxygens (including phenoxy) is 2. The zero-order valence-electron chi connectivity index (χ0n) is 8.57. The SMILES string of the molecule is CCCC(OC1CCOCC1)C(=O)O. The standard InChI is InChI=1S/C10H18O4/c1-2-3-9(10(11)12)14-8-4-6-13-7-5-8/h8-9H,2-7H2,1H3,(H,11,12). The van der Waals surface area contributed by atoms with Gasteiger partial charge < -0.3 is 14.6 Å². The Morgan fingerprint density at radius 2 is 2.21 bits per heavy atom. The van der Waals surface area contributed by atoms with E-state index in [1.165, 1.54) is 0 Å². The predicted octanol–water partition coefficient (Wildman–Crippen LogP) is 1.44. The Morgan fingerprint density at radius 3 is 2.71 bits per heavy atom. The molecule has 14 heavy (non-hydrogen) atoms. The van der Waals surface area contributed by atoms with Gasteiger partial charge in [0, 0.05) is 13.2 Å². The van der Waals surface area contributed by atoms with Crippen LogP contribution in [0, 0.1) is 0 Å². The second kappa shape index (κ2) is 5.98. The minimum absolute atomic E-state index is 0.0661. The van der Waals surface area contributed by atoms with Gasteiger partial charge in [-0.05, 0) is 19.3 Å². The molecule has 1 heterocycles. The van der Waals surface area contributed by atoms with Crippen LogP contribution in [0.1, 0.15) is 32.6 Å². The summed E-state index contributed by atoms with van der Waals surface area (Å²) in [5.41, 5.74) is 0. The molecule has 0 aromatic carbocycles. The second-order valence-electron chi connectivity index (χ2n) is 3.56. The fourth-order valence-electron chi connectivity index (χ4n) is 1.56. The Morgan fingerprint density at radius 1 is 1.57 bits per heavy atom. The molecule has 82 valence electrons. The quantitative estimate of drug-likeness (QED) is 0.732. The number of carboxylic acid groups (broad SMARTS) is 1. The van der Waals surface area contributed by atoms with Crippen LogP contribution in [-0.4, -0.2) is 36.5 Å². The molecule has 0 spiro atoms. The van der Waals surface area contributed by atoms with E-state index in [0.717, 1.165) is 19.3 Å². The van der Waals surface area contributed by atoms with Gasteiger partial charge >= 0.3 is 5.97 Å². The molecule has 0 radical (unpaired) electrons. The second-order valence-corrected chi connectivity index (χ2v) is 3.56. The number of hydrogen-bond acceptors (Lipinski definition) is 3. The number of aliphatic carboxylic acids is 1. The Labute approximate surface area is 84.2 Å². The third kappa shape index (κ3) is 3.64. The zero-order chi connectivity index (χ0) is 10.4. The van der Waals surface area contributed by atoms with Crippen molar-refractivity contribution >= 4 is 5.97 Å². The van der Waals surface area contributed by atoms with E-state index in [-0.39, 0.29) is 6.10 Å². The highest BCUT2D eigenvalue weighted by atomic mass is 16.5. The summed E-state index contributed by atoms with van der Waals surface area (Å²) in [5.74, 6) is -0.849. The van der Waals surface area contributed by atoms with Crippen molar-refractivity contribution in [2.75, 3.05) is 13.2 Å². The highest BCUT2D eigenvalue weighted by Gasteiger charge is 2.23. The summed E-state index contributed by atoms with van der Waals surface area (Å²) in [6, 6.07) is 0. The number of hydrogen-bond donors (Lipinski definition) is 1. The summed E-state index contributed by atoms with van der Waals surface area (Å²) in [7, 11) is 0. The Balaban J connectivity index is 2.33. The van der Waals surface area contributed by atoms with Crippen LogP contribution in [0.5, 0.6) is 0 Å². The van der Waals surface area contributed by atoms with Gasteiger partial charge in [-0.3, -0.25) is 0 Å². The maximum absolute atomic E-state index is 10.8. The number of carbonyl (C=O) groups is 1. The molecule has 1 saturated heterocycles. The van der Waals surface area contributed by atoms with E-state index in [2.05, 4.69) is 0 Å². The fraction of sp³-hybridized carbons (Fsp3) is 0.900. The van der Waals surface area contributed by atoms with Gasteiger partial charge in [-0.2, -0.15) is 0 Å². The molecule has 1 atom stereocenters. The first-order valence-electron chi connectivity index (χ1n) is 5.20. The lowest BCUT2D eigenvalue weighted by atomic mass is 10.1. The first-order valence-corrected chi connectivity index (χ1v) is 5.20. The van der Waals surface area contributed by atoms with Gasteiger partial charge in [-0.1, -0.05) is 13.3 Å². The smallest absolute Gasteiger partial charge is 0.332 e. The Hall–Kier alpha value is -0.610. The van der Waals surface area contributed by atoms with Gasteiger partial charge in [0.25, 0.3) is 0 Å². The van der Waals surface area contributed by atoms with Crippen molar-refractivity contribution in [1.82, 2.24) is 0 Å². The number of rotatable bonds is 5. The highest BCUT2D eigenvalue weighted by Crippen LogP contribution is 2.15. The summed E-state index contributed by atoms with van der Waals surface area (Å²) in [6.45, 7) is 3.33. The third-order valence-corrected chi connectivity index (χ3v) is 2.35. The summed E-state index contributed by atoms with van der Waals surface area (Å²) in [5, 5.41) is 8.88. The molecule has 4 nitrogen and oxygen atoms in total. The van der Waals surface area contributed by atoms with Gasteiger partial charge in [0.05, 0.1) is 6.10 Å². The number of carboxylic acids is 1. The van der Waals surface area contributed by atoms with Gasteiger partial charge in [0.15, 0.2) is 6.10 Å². The van der Waals surface area contributed by atoms with Gasteiger partial charge in [-0.25, -0.2) is 4.79 Å². The lowest BCUT2D eigenvalue weighted by Crippen LogP contribution is -2.32. The molecule has 0 bridgehead atoms. The van der Waals surface area contributed by atoms with Crippen LogP contribution >= 0.6 is 0 Å². The molecule has 0 saturated carbocycles. The molecule has 0 amide bonds. The summed E-state index contributed by atoms with van der Waals surface area (Å²) >= 11 is 0. The Kier molecular flexibility index (Phi) is 4.90. The predicted molar refractivity (Wildman–Crippen MR) is 51.3 cm³/mol. The average molecular weight is 202 g/mol. The maximum atomic E-state index is 10.8. The largest absolute Gasteiger partial charge is 0.479 e. The first kappa shape index (κ1) is 11.5. The third-order valence-electron chi connectivity index (χ3n) is 2.35. The first-order chi connectivity index (χ1) is 6.74. The minimum atomic E-state index is -0.849. The van der Waals surface area contributed by atoms with Crippen molar-refractivity contribution in [3.8, 4) is 0 Å². The highest BCUT2D eigenvalue weighted by molar-refractivity contribution is 5.72. The molecule has 0 aliphatic carbocycles. The lowest BCUT2D eigenvalue weighted by molar-refractivity contribution is -0.158. The minimum Gasteiger partial charge on any atom is -0.479 e. The van der Waals surface area contributed by atoms with Gasteiger partial charge in [0.1, 0.15) is 0 Å².